The molecule has 1 amide bonds. The molecule has 2 N–H and O–H groups in total. The zero-order valence-corrected chi connectivity index (χ0v) is 10.7. The summed E-state index contributed by atoms with van der Waals surface area (Å²) in [4.78, 5) is 12.0. The van der Waals surface area contributed by atoms with Crippen LogP contribution in [0.15, 0.2) is 18.2 Å². The highest BCUT2D eigenvalue weighted by atomic mass is 19.4. The van der Waals surface area contributed by atoms with Crippen LogP contribution in [0.5, 0.6) is 0 Å². The first-order valence-electron chi connectivity index (χ1n) is 5.74. The predicted molar refractivity (Wildman–Crippen MR) is 63.4 cm³/mol. The van der Waals surface area contributed by atoms with E-state index >= 15 is 0 Å². The van der Waals surface area contributed by atoms with Crippen molar-refractivity contribution in [2.24, 2.45) is 5.41 Å². The highest BCUT2D eigenvalue weighted by Crippen LogP contribution is 2.50. The van der Waals surface area contributed by atoms with Crippen molar-refractivity contribution in [2.75, 3.05) is 5.32 Å². The molecule has 1 unspecified atom stereocenters. The standard InChI is InChI=1S/C13H14F3NO2/c1-11(2,3)12(19)7-5-4-6-8(13(14,15)16)9(7)17-10(12)18/h4-6,19H,1-3H3,(H,17,18). The Labute approximate surface area is 108 Å². The Morgan fingerprint density at radius 2 is 1.79 bits per heavy atom. The Balaban J connectivity index is 2.72. The highest BCUT2D eigenvalue weighted by Gasteiger charge is 2.55. The van der Waals surface area contributed by atoms with E-state index in [4.69, 9.17) is 0 Å². The van der Waals surface area contributed by atoms with Crippen molar-refractivity contribution in [2.45, 2.75) is 32.5 Å². The van der Waals surface area contributed by atoms with Crippen LogP contribution in [0.25, 0.3) is 0 Å². The van der Waals surface area contributed by atoms with Gasteiger partial charge in [0.25, 0.3) is 5.91 Å². The van der Waals surface area contributed by atoms with Crippen LogP contribution in [0.2, 0.25) is 0 Å². The number of hydrogen-bond donors (Lipinski definition) is 2. The van der Waals surface area contributed by atoms with Crippen LogP contribution in [0.3, 0.4) is 0 Å². The Morgan fingerprint density at radius 3 is 2.26 bits per heavy atom. The first-order chi connectivity index (χ1) is 8.49. The topological polar surface area (TPSA) is 49.3 Å². The van der Waals surface area contributed by atoms with E-state index in [9.17, 15) is 23.1 Å². The van der Waals surface area contributed by atoms with Crippen LogP contribution in [-0.4, -0.2) is 11.0 Å². The third kappa shape index (κ3) is 1.82. The summed E-state index contributed by atoms with van der Waals surface area (Å²) < 4.78 is 38.7. The Kier molecular flexibility index (Phi) is 2.72. The van der Waals surface area contributed by atoms with E-state index in [1.54, 1.807) is 20.8 Å². The minimum atomic E-state index is -4.58. The van der Waals surface area contributed by atoms with Gasteiger partial charge < -0.3 is 10.4 Å². The van der Waals surface area contributed by atoms with E-state index in [2.05, 4.69) is 5.32 Å². The molecule has 0 bridgehead atoms. The zero-order chi connectivity index (χ0) is 14.6. The third-order valence-corrected chi connectivity index (χ3v) is 3.41. The first-order valence-corrected chi connectivity index (χ1v) is 5.74. The van der Waals surface area contributed by atoms with Crippen LogP contribution in [0, 0.1) is 5.41 Å². The monoisotopic (exact) mass is 273 g/mol. The van der Waals surface area contributed by atoms with Crippen molar-refractivity contribution in [3.63, 3.8) is 0 Å². The number of carbonyl (C=O) groups excluding carboxylic acids is 1. The van der Waals surface area contributed by atoms with Gasteiger partial charge >= 0.3 is 6.18 Å². The Bertz CT molecular complexity index is 546. The molecule has 1 aromatic carbocycles. The number of hydrogen-bond acceptors (Lipinski definition) is 2. The molecule has 1 aromatic rings. The van der Waals surface area contributed by atoms with E-state index in [0.29, 0.717) is 0 Å². The molecule has 0 saturated heterocycles. The fraction of sp³-hybridized carbons (Fsp3) is 0.462. The maximum atomic E-state index is 12.9. The van der Waals surface area contributed by atoms with Crippen molar-refractivity contribution in [1.82, 2.24) is 0 Å². The molecule has 0 radical (unpaired) electrons. The van der Waals surface area contributed by atoms with Gasteiger partial charge in [0.2, 0.25) is 0 Å². The average molecular weight is 273 g/mol. The quantitative estimate of drug-likeness (QED) is 0.763. The molecule has 0 fully saturated rings. The molecule has 0 aliphatic carbocycles. The molecule has 6 heteroatoms. The van der Waals surface area contributed by atoms with Gasteiger partial charge in [-0.1, -0.05) is 32.9 Å². The Hall–Kier alpha value is -1.56. The summed E-state index contributed by atoms with van der Waals surface area (Å²) in [5, 5.41) is 12.7. The molecule has 0 aromatic heterocycles. The summed E-state index contributed by atoms with van der Waals surface area (Å²) in [6, 6.07) is 3.42. The number of rotatable bonds is 0. The van der Waals surface area contributed by atoms with Crippen LogP contribution in [0.1, 0.15) is 31.9 Å². The molecular weight excluding hydrogens is 259 g/mol. The number of halogens is 3. The number of alkyl halides is 3. The van der Waals surface area contributed by atoms with E-state index < -0.39 is 28.7 Å². The van der Waals surface area contributed by atoms with E-state index in [-0.39, 0.29) is 11.3 Å². The number of nitrogens with one attached hydrogen (secondary N) is 1. The summed E-state index contributed by atoms with van der Waals surface area (Å²) >= 11 is 0. The molecule has 104 valence electrons. The van der Waals surface area contributed by atoms with Gasteiger partial charge in [-0.3, -0.25) is 4.79 Å². The SMILES string of the molecule is CC(C)(C)C1(O)C(=O)Nc2c(C(F)(F)F)cccc21. The minimum absolute atomic E-state index is 0.0279. The number of para-hydroxylation sites is 1. The van der Waals surface area contributed by atoms with E-state index in [1.807, 2.05) is 0 Å². The fourth-order valence-electron chi connectivity index (χ4n) is 2.30. The van der Waals surface area contributed by atoms with Crippen LogP contribution in [-0.2, 0) is 16.6 Å². The molecule has 1 heterocycles. The van der Waals surface area contributed by atoms with Gasteiger partial charge in [0.15, 0.2) is 5.60 Å². The molecule has 1 atom stereocenters. The minimum Gasteiger partial charge on any atom is -0.375 e. The maximum Gasteiger partial charge on any atom is 0.418 e. The second-order valence-corrected chi connectivity index (χ2v) is 5.64. The van der Waals surface area contributed by atoms with E-state index in [1.165, 1.54) is 12.1 Å². The van der Waals surface area contributed by atoms with Crippen LogP contribution < -0.4 is 5.32 Å². The molecule has 1 aliphatic rings. The lowest BCUT2D eigenvalue weighted by Gasteiger charge is -2.35. The van der Waals surface area contributed by atoms with Gasteiger partial charge in [-0.15, -0.1) is 0 Å². The van der Waals surface area contributed by atoms with E-state index in [0.717, 1.165) is 6.07 Å². The van der Waals surface area contributed by atoms with Gasteiger partial charge in [0.05, 0.1) is 11.3 Å². The van der Waals surface area contributed by atoms with Gasteiger partial charge in [-0.25, -0.2) is 0 Å². The van der Waals surface area contributed by atoms with Crippen molar-refractivity contribution in [3.8, 4) is 0 Å². The summed E-state index contributed by atoms with van der Waals surface area (Å²) in [7, 11) is 0. The van der Waals surface area contributed by atoms with Crippen molar-refractivity contribution >= 4 is 11.6 Å². The molecule has 2 rings (SSSR count). The lowest BCUT2D eigenvalue weighted by molar-refractivity contribution is -0.146. The van der Waals surface area contributed by atoms with Crippen molar-refractivity contribution < 1.29 is 23.1 Å². The second kappa shape index (κ2) is 3.72. The van der Waals surface area contributed by atoms with Crippen LogP contribution in [0.4, 0.5) is 18.9 Å². The van der Waals surface area contributed by atoms with Crippen molar-refractivity contribution in [1.29, 1.82) is 0 Å². The molecular formula is C13H14F3NO2. The number of amides is 1. The predicted octanol–water partition coefficient (Wildman–Crippen LogP) is 2.89. The first kappa shape index (κ1) is 13.9. The molecule has 3 nitrogen and oxygen atoms in total. The second-order valence-electron chi connectivity index (χ2n) is 5.64. The molecule has 19 heavy (non-hydrogen) atoms. The number of aliphatic hydroxyl groups is 1. The summed E-state index contributed by atoms with van der Waals surface area (Å²) in [6.45, 7) is 4.80. The lowest BCUT2D eigenvalue weighted by atomic mass is 9.72. The normalized spacial score (nSPS) is 23.2. The fourth-order valence-corrected chi connectivity index (χ4v) is 2.30. The maximum absolute atomic E-state index is 12.9. The highest BCUT2D eigenvalue weighted by molar-refractivity contribution is 6.06. The van der Waals surface area contributed by atoms with Gasteiger partial charge in [-0.2, -0.15) is 13.2 Å². The van der Waals surface area contributed by atoms with Gasteiger partial charge in [0.1, 0.15) is 0 Å². The zero-order valence-electron chi connectivity index (χ0n) is 10.7. The molecule has 0 spiro atoms. The summed E-state index contributed by atoms with van der Waals surface area (Å²) in [5.74, 6) is -0.827. The van der Waals surface area contributed by atoms with Crippen molar-refractivity contribution in [3.05, 3.63) is 29.3 Å². The average Bonchev–Trinajstić information content (AvgIpc) is 2.50. The molecule has 1 aliphatic heterocycles. The third-order valence-electron chi connectivity index (χ3n) is 3.41. The summed E-state index contributed by atoms with van der Waals surface area (Å²) in [6.07, 6.45) is -4.58. The largest absolute Gasteiger partial charge is 0.418 e. The lowest BCUT2D eigenvalue weighted by Crippen LogP contribution is -2.45. The number of benzene rings is 1. The number of anilines is 1. The van der Waals surface area contributed by atoms with Crippen LogP contribution >= 0.6 is 0 Å². The molecule has 0 saturated carbocycles. The van der Waals surface area contributed by atoms with Gasteiger partial charge in [0, 0.05) is 11.0 Å². The Morgan fingerprint density at radius 1 is 1.21 bits per heavy atom. The van der Waals surface area contributed by atoms with Gasteiger partial charge in [-0.05, 0) is 6.07 Å². The smallest absolute Gasteiger partial charge is 0.375 e. The summed E-state index contributed by atoms with van der Waals surface area (Å²) in [5.41, 5.74) is -4.22. The number of carbonyl (C=O) groups is 1. The number of fused-ring (bicyclic) bond motifs is 1.